The van der Waals surface area contributed by atoms with Crippen LogP contribution in [-0.2, 0) is 4.79 Å². The lowest BCUT2D eigenvalue weighted by Crippen LogP contribution is -2.32. The van der Waals surface area contributed by atoms with Crippen molar-refractivity contribution < 1.29 is 19.1 Å². The molecule has 0 aliphatic carbocycles. The van der Waals surface area contributed by atoms with Crippen LogP contribution in [0.15, 0.2) is 18.2 Å². The zero-order valence-corrected chi connectivity index (χ0v) is 11.3. The number of nitrogens with one attached hydrogen (secondary N) is 1. The first-order valence-corrected chi connectivity index (χ1v) is 6.02. The SMILES string of the molecule is Cc1ccc(C(=O)NCCC(C)(C)C(=O)O)cc1F. The molecule has 0 unspecified atom stereocenters. The lowest BCUT2D eigenvalue weighted by molar-refractivity contribution is -0.147. The molecule has 104 valence electrons. The Hall–Kier alpha value is -1.91. The Morgan fingerprint density at radius 3 is 2.53 bits per heavy atom. The zero-order valence-electron chi connectivity index (χ0n) is 11.3. The van der Waals surface area contributed by atoms with Gasteiger partial charge in [0.1, 0.15) is 5.82 Å². The van der Waals surface area contributed by atoms with Crippen LogP contribution in [0.2, 0.25) is 0 Å². The molecule has 1 rings (SSSR count). The molecule has 0 fully saturated rings. The summed E-state index contributed by atoms with van der Waals surface area (Å²) in [4.78, 5) is 22.6. The quantitative estimate of drug-likeness (QED) is 0.860. The average Bonchev–Trinajstić information content (AvgIpc) is 2.32. The van der Waals surface area contributed by atoms with E-state index in [4.69, 9.17) is 5.11 Å². The first kappa shape index (κ1) is 15.1. The highest BCUT2D eigenvalue weighted by atomic mass is 19.1. The van der Waals surface area contributed by atoms with Crippen LogP contribution in [-0.4, -0.2) is 23.5 Å². The average molecular weight is 267 g/mol. The van der Waals surface area contributed by atoms with E-state index in [0.717, 1.165) is 0 Å². The largest absolute Gasteiger partial charge is 0.481 e. The maximum absolute atomic E-state index is 13.3. The van der Waals surface area contributed by atoms with Gasteiger partial charge in [0.2, 0.25) is 0 Å². The summed E-state index contributed by atoms with van der Waals surface area (Å²) in [6.07, 6.45) is 0.308. The van der Waals surface area contributed by atoms with Crippen molar-refractivity contribution in [2.45, 2.75) is 27.2 Å². The van der Waals surface area contributed by atoms with Crippen molar-refractivity contribution in [1.82, 2.24) is 5.32 Å². The third kappa shape index (κ3) is 4.05. The Balaban J connectivity index is 2.57. The molecule has 1 amide bonds. The molecule has 1 aromatic carbocycles. The van der Waals surface area contributed by atoms with E-state index in [2.05, 4.69) is 5.32 Å². The number of amides is 1. The van der Waals surface area contributed by atoms with Gasteiger partial charge in [0, 0.05) is 12.1 Å². The highest BCUT2D eigenvalue weighted by molar-refractivity contribution is 5.94. The summed E-state index contributed by atoms with van der Waals surface area (Å²) >= 11 is 0. The molecule has 0 saturated carbocycles. The Morgan fingerprint density at radius 2 is 2.00 bits per heavy atom. The zero-order chi connectivity index (χ0) is 14.6. The molecular weight excluding hydrogens is 249 g/mol. The van der Waals surface area contributed by atoms with Gasteiger partial charge in [-0.2, -0.15) is 0 Å². The standard InChI is InChI=1S/C14H18FNO3/c1-9-4-5-10(8-11(9)15)12(17)16-7-6-14(2,3)13(18)19/h4-5,8H,6-7H2,1-3H3,(H,16,17)(H,18,19). The fraction of sp³-hybridized carbons (Fsp3) is 0.429. The predicted molar refractivity (Wildman–Crippen MR) is 69.5 cm³/mol. The molecule has 2 N–H and O–H groups in total. The molecule has 0 heterocycles. The molecule has 1 aromatic rings. The van der Waals surface area contributed by atoms with E-state index < -0.39 is 23.1 Å². The van der Waals surface area contributed by atoms with Crippen LogP contribution in [0.5, 0.6) is 0 Å². The molecule has 0 aromatic heterocycles. The minimum absolute atomic E-state index is 0.230. The minimum atomic E-state index is -0.914. The van der Waals surface area contributed by atoms with Crippen molar-refractivity contribution in [3.05, 3.63) is 35.1 Å². The van der Waals surface area contributed by atoms with Gasteiger partial charge in [-0.15, -0.1) is 0 Å². The lowest BCUT2D eigenvalue weighted by Gasteiger charge is -2.18. The van der Waals surface area contributed by atoms with Gasteiger partial charge in [-0.1, -0.05) is 6.07 Å². The van der Waals surface area contributed by atoms with Crippen molar-refractivity contribution >= 4 is 11.9 Å². The highest BCUT2D eigenvalue weighted by Crippen LogP contribution is 2.19. The van der Waals surface area contributed by atoms with Crippen molar-refractivity contribution in [2.75, 3.05) is 6.54 Å². The highest BCUT2D eigenvalue weighted by Gasteiger charge is 2.26. The van der Waals surface area contributed by atoms with Crippen molar-refractivity contribution in [3.8, 4) is 0 Å². The maximum Gasteiger partial charge on any atom is 0.309 e. The number of rotatable bonds is 5. The number of aryl methyl sites for hydroxylation is 1. The molecule has 0 aliphatic heterocycles. The van der Waals surface area contributed by atoms with Gasteiger partial charge in [0.15, 0.2) is 0 Å². The summed E-state index contributed by atoms with van der Waals surface area (Å²) in [5.74, 6) is -1.75. The molecule has 4 nitrogen and oxygen atoms in total. The van der Waals surface area contributed by atoms with Crippen LogP contribution in [0.25, 0.3) is 0 Å². The topological polar surface area (TPSA) is 66.4 Å². The van der Waals surface area contributed by atoms with E-state index in [0.29, 0.717) is 12.0 Å². The van der Waals surface area contributed by atoms with Gasteiger partial charge in [0.25, 0.3) is 5.91 Å². The smallest absolute Gasteiger partial charge is 0.309 e. The second-order valence-electron chi connectivity index (χ2n) is 5.16. The van der Waals surface area contributed by atoms with Crippen molar-refractivity contribution in [3.63, 3.8) is 0 Å². The third-order valence-corrected chi connectivity index (χ3v) is 3.05. The van der Waals surface area contributed by atoms with E-state index in [9.17, 15) is 14.0 Å². The fourth-order valence-electron chi connectivity index (χ4n) is 1.43. The Bertz CT molecular complexity index is 497. The number of halogens is 1. The summed E-state index contributed by atoms with van der Waals surface area (Å²) < 4.78 is 13.3. The third-order valence-electron chi connectivity index (χ3n) is 3.05. The molecule has 0 saturated heterocycles. The van der Waals surface area contributed by atoms with Gasteiger partial charge in [-0.05, 0) is 44.9 Å². The molecule has 19 heavy (non-hydrogen) atoms. The van der Waals surface area contributed by atoms with Crippen LogP contribution < -0.4 is 5.32 Å². The summed E-state index contributed by atoms with van der Waals surface area (Å²) in [7, 11) is 0. The molecule has 0 aliphatic rings. The second kappa shape index (κ2) is 5.82. The number of carboxylic acids is 1. The molecule has 0 atom stereocenters. The normalized spacial score (nSPS) is 11.2. The fourth-order valence-corrected chi connectivity index (χ4v) is 1.43. The van der Waals surface area contributed by atoms with E-state index in [1.165, 1.54) is 18.2 Å². The summed E-state index contributed by atoms with van der Waals surface area (Å²) in [6.45, 7) is 5.03. The number of carboxylic acid groups (broad SMARTS) is 1. The maximum atomic E-state index is 13.3. The Labute approximate surface area is 111 Å². The number of benzene rings is 1. The van der Waals surface area contributed by atoms with E-state index in [1.807, 2.05) is 0 Å². The van der Waals surface area contributed by atoms with Gasteiger partial charge < -0.3 is 10.4 Å². The number of carbonyl (C=O) groups is 2. The second-order valence-corrected chi connectivity index (χ2v) is 5.16. The molecule has 0 bridgehead atoms. The molecular formula is C14H18FNO3. The van der Waals surface area contributed by atoms with E-state index >= 15 is 0 Å². The van der Waals surface area contributed by atoms with Gasteiger partial charge in [-0.25, -0.2) is 4.39 Å². The van der Waals surface area contributed by atoms with Crippen molar-refractivity contribution in [2.24, 2.45) is 5.41 Å². The monoisotopic (exact) mass is 267 g/mol. The number of carbonyl (C=O) groups excluding carboxylic acids is 1. The number of hydrogen-bond acceptors (Lipinski definition) is 2. The van der Waals surface area contributed by atoms with Crippen molar-refractivity contribution in [1.29, 1.82) is 0 Å². The molecule has 0 spiro atoms. The molecule has 5 heteroatoms. The summed E-state index contributed by atoms with van der Waals surface area (Å²) in [5, 5.41) is 11.5. The van der Waals surface area contributed by atoms with Gasteiger partial charge in [-0.3, -0.25) is 9.59 Å². The van der Waals surface area contributed by atoms with Gasteiger partial charge >= 0.3 is 5.97 Å². The van der Waals surface area contributed by atoms with Crippen LogP contribution in [0, 0.1) is 18.2 Å². The van der Waals surface area contributed by atoms with Crippen LogP contribution >= 0.6 is 0 Å². The number of aliphatic carboxylic acids is 1. The van der Waals surface area contributed by atoms with Crippen LogP contribution in [0.4, 0.5) is 4.39 Å². The first-order chi connectivity index (χ1) is 8.74. The molecule has 0 radical (unpaired) electrons. The van der Waals surface area contributed by atoms with Gasteiger partial charge in [0.05, 0.1) is 5.41 Å². The summed E-state index contributed by atoms with van der Waals surface area (Å²) in [5.41, 5.74) is -0.189. The lowest BCUT2D eigenvalue weighted by atomic mass is 9.90. The minimum Gasteiger partial charge on any atom is -0.481 e. The Morgan fingerprint density at radius 1 is 1.37 bits per heavy atom. The first-order valence-electron chi connectivity index (χ1n) is 6.02. The van der Waals surface area contributed by atoms with Crippen LogP contribution in [0.1, 0.15) is 36.2 Å². The summed E-state index contributed by atoms with van der Waals surface area (Å²) in [6, 6.07) is 4.24. The van der Waals surface area contributed by atoms with E-state index in [1.54, 1.807) is 20.8 Å². The van der Waals surface area contributed by atoms with E-state index in [-0.39, 0.29) is 12.1 Å². The number of hydrogen-bond donors (Lipinski definition) is 2. The van der Waals surface area contributed by atoms with Crippen LogP contribution in [0.3, 0.4) is 0 Å². The Kier molecular flexibility index (Phi) is 4.64. The predicted octanol–water partition coefficient (Wildman–Crippen LogP) is 2.36.